The van der Waals surface area contributed by atoms with E-state index < -0.39 is 38.9 Å². The van der Waals surface area contributed by atoms with Gasteiger partial charge in [0.25, 0.3) is 17.6 Å². The van der Waals surface area contributed by atoms with Gasteiger partial charge >= 0.3 is 0 Å². The van der Waals surface area contributed by atoms with Gasteiger partial charge in [0.1, 0.15) is 5.76 Å². The smallest absolute Gasteiger partial charge is 0.296 e. The molecule has 0 radical (unpaired) electrons. The van der Waals surface area contributed by atoms with Crippen molar-refractivity contribution < 1.29 is 37.4 Å². The molecule has 2 amide bonds. The number of rotatable bonds is 6. The molecule has 12 heteroatoms. The highest BCUT2D eigenvalue weighted by Crippen LogP contribution is 2.53. The Labute approximate surface area is 238 Å². The lowest BCUT2D eigenvalue weighted by Gasteiger charge is -2.35. The van der Waals surface area contributed by atoms with Crippen LogP contribution in [0, 0.1) is 0 Å². The van der Waals surface area contributed by atoms with Crippen LogP contribution in [0.1, 0.15) is 30.9 Å². The largest absolute Gasteiger partial charge is 0.507 e. The Bertz CT molecular complexity index is 1560. The molecule has 0 aliphatic carbocycles. The molecule has 3 fully saturated rings. The van der Waals surface area contributed by atoms with Crippen LogP contribution in [0.15, 0.2) is 59.0 Å². The highest BCUT2D eigenvalue weighted by molar-refractivity contribution is 7.89. The number of fused-ring (bicyclic) bond motifs is 2. The lowest BCUT2D eigenvalue weighted by atomic mass is 9.81. The maximum absolute atomic E-state index is 14.4. The third-order valence-electron chi connectivity index (χ3n) is 8.25. The Morgan fingerprint density at radius 1 is 1.05 bits per heavy atom. The standard InChI is InChI=1S/C29H31N3O8S/c1-2-31-23-11-4-3-10-22(23)29(28(31)36)24(26(34)27(35)32(29)18-20-8-6-14-40-20)25(33)19-7-5-9-21(17-19)41(37,38)30-12-15-39-16-13-30/h3-5,7,9-11,17,20,33H,2,6,8,12-16,18H2,1H3/b25-24+. The number of carbonyl (C=O) groups is 3. The number of aliphatic hydroxyl groups excluding tert-OH is 1. The van der Waals surface area contributed by atoms with E-state index in [1.807, 2.05) is 0 Å². The fraction of sp³-hybridized carbons (Fsp3) is 0.414. The van der Waals surface area contributed by atoms with Gasteiger partial charge in [0.2, 0.25) is 10.0 Å². The molecule has 3 saturated heterocycles. The third-order valence-corrected chi connectivity index (χ3v) is 10.1. The molecule has 41 heavy (non-hydrogen) atoms. The number of Topliss-reactive ketones (excluding diaryl/α,β-unsaturated/α-hetero) is 1. The van der Waals surface area contributed by atoms with Crippen LogP contribution >= 0.6 is 0 Å². The highest BCUT2D eigenvalue weighted by atomic mass is 32.2. The molecule has 4 aliphatic heterocycles. The molecule has 2 unspecified atom stereocenters. The predicted octanol–water partition coefficient (Wildman–Crippen LogP) is 1.83. The summed E-state index contributed by atoms with van der Waals surface area (Å²) >= 11 is 0. The van der Waals surface area contributed by atoms with E-state index in [-0.39, 0.29) is 61.5 Å². The average Bonchev–Trinajstić information content (AvgIpc) is 3.66. The van der Waals surface area contributed by atoms with Crippen molar-refractivity contribution in [3.05, 3.63) is 65.2 Å². The third kappa shape index (κ3) is 4.11. The Hall–Kier alpha value is -3.58. The molecule has 4 aliphatic rings. The second-order valence-corrected chi connectivity index (χ2v) is 12.4. The van der Waals surface area contributed by atoms with E-state index in [4.69, 9.17) is 9.47 Å². The normalized spacial score (nSPS) is 26.4. The first-order valence-corrected chi connectivity index (χ1v) is 15.2. The van der Waals surface area contributed by atoms with Gasteiger partial charge in [0.05, 0.1) is 35.5 Å². The molecule has 6 rings (SSSR count). The van der Waals surface area contributed by atoms with Gasteiger partial charge in [0, 0.05) is 43.9 Å². The fourth-order valence-electron chi connectivity index (χ4n) is 6.31. The number of morpholine rings is 1. The molecule has 11 nitrogen and oxygen atoms in total. The molecular weight excluding hydrogens is 550 g/mol. The molecule has 1 spiro atoms. The summed E-state index contributed by atoms with van der Waals surface area (Å²) in [6, 6.07) is 12.5. The van der Waals surface area contributed by atoms with E-state index in [0.29, 0.717) is 24.3 Å². The number of anilines is 1. The van der Waals surface area contributed by atoms with Crippen LogP contribution in [0.4, 0.5) is 5.69 Å². The first-order chi connectivity index (χ1) is 19.7. The first kappa shape index (κ1) is 27.6. The number of hydrogen-bond donors (Lipinski definition) is 1. The summed E-state index contributed by atoms with van der Waals surface area (Å²) in [6.45, 7) is 3.47. The first-order valence-electron chi connectivity index (χ1n) is 13.7. The Balaban J connectivity index is 1.54. The monoisotopic (exact) mass is 581 g/mol. The zero-order chi connectivity index (χ0) is 28.9. The number of likely N-dealkylation sites (N-methyl/N-ethyl adjacent to an activating group) is 1. The molecule has 2 aromatic rings. The summed E-state index contributed by atoms with van der Waals surface area (Å²) in [5.74, 6) is -3.07. The molecule has 216 valence electrons. The van der Waals surface area contributed by atoms with Gasteiger partial charge in [-0.25, -0.2) is 8.42 Å². The van der Waals surface area contributed by atoms with Crippen LogP contribution in [0.5, 0.6) is 0 Å². The van der Waals surface area contributed by atoms with Crippen molar-refractivity contribution in [2.45, 2.75) is 36.3 Å². The minimum absolute atomic E-state index is 0.00838. The van der Waals surface area contributed by atoms with Gasteiger partial charge in [-0.05, 0) is 38.0 Å². The average molecular weight is 582 g/mol. The number of likely N-dealkylation sites (tertiary alicyclic amines) is 1. The maximum atomic E-state index is 14.4. The second-order valence-electron chi connectivity index (χ2n) is 10.4. The van der Waals surface area contributed by atoms with Gasteiger partial charge in [0.15, 0.2) is 5.54 Å². The second kappa shape index (κ2) is 10.4. The minimum Gasteiger partial charge on any atom is -0.507 e. The van der Waals surface area contributed by atoms with Crippen LogP contribution in [0.25, 0.3) is 5.76 Å². The van der Waals surface area contributed by atoms with Crippen molar-refractivity contribution in [1.82, 2.24) is 9.21 Å². The van der Waals surface area contributed by atoms with E-state index in [9.17, 15) is 27.9 Å². The van der Waals surface area contributed by atoms with Gasteiger partial charge in [-0.3, -0.25) is 14.4 Å². The molecule has 0 bridgehead atoms. The van der Waals surface area contributed by atoms with Crippen molar-refractivity contribution in [2.24, 2.45) is 0 Å². The maximum Gasteiger partial charge on any atom is 0.296 e. The van der Waals surface area contributed by atoms with E-state index in [1.165, 1.54) is 38.4 Å². The van der Waals surface area contributed by atoms with E-state index in [1.54, 1.807) is 31.2 Å². The number of carbonyl (C=O) groups excluding carboxylic acids is 3. The van der Waals surface area contributed by atoms with Crippen LogP contribution < -0.4 is 4.90 Å². The van der Waals surface area contributed by atoms with Crippen molar-refractivity contribution in [2.75, 3.05) is 50.9 Å². The van der Waals surface area contributed by atoms with Crippen LogP contribution in [0.3, 0.4) is 0 Å². The lowest BCUT2D eigenvalue weighted by Crippen LogP contribution is -2.53. The molecule has 2 aromatic carbocycles. The highest BCUT2D eigenvalue weighted by Gasteiger charge is 2.67. The molecule has 0 saturated carbocycles. The van der Waals surface area contributed by atoms with Crippen molar-refractivity contribution in [1.29, 1.82) is 0 Å². The van der Waals surface area contributed by atoms with Gasteiger partial charge < -0.3 is 24.4 Å². The SMILES string of the molecule is CCN1C(=O)C2(/C(=C(/O)c3cccc(S(=O)(=O)N4CCOCC4)c3)C(=O)C(=O)N2CC2CCCO2)c2ccccc21. The van der Waals surface area contributed by atoms with Gasteiger partial charge in [-0.2, -0.15) is 4.31 Å². The zero-order valence-electron chi connectivity index (χ0n) is 22.6. The fourth-order valence-corrected chi connectivity index (χ4v) is 7.76. The van der Waals surface area contributed by atoms with Crippen LogP contribution in [-0.2, 0) is 39.4 Å². The Morgan fingerprint density at radius 3 is 2.51 bits per heavy atom. The van der Waals surface area contributed by atoms with Gasteiger partial charge in [-0.1, -0.05) is 30.3 Å². The van der Waals surface area contributed by atoms with Crippen molar-refractivity contribution >= 4 is 39.1 Å². The van der Waals surface area contributed by atoms with Crippen molar-refractivity contribution in [3.8, 4) is 0 Å². The topological polar surface area (TPSA) is 134 Å². The van der Waals surface area contributed by atoms with E-state index in [0.717, 1.165) is 6.42 Å². The lowest BCUT2D eigenvalue weighted by molar-refractivity contribution is -0.145. The number of ketones is 1. The molecule has 0 aromatic heterocycles. The van der Waals surface area contributed by atoms with Gasteiger partial charge in [-0.15, -0.1) is 0 Å². The summed E-state index contributed by atoms with van der Waals surface area (Å²) in [6.07, 6.45) is 1.08. The predicted molar refractivity (Wildman–Crippen MR) is 147 cm³/mol. The number of para-hydroxylation sites is 1. The molecule has 1 N–H and O–H groups in total. The van der Waals surface area contributed by atoms with Crippen LogP contribution in [0.2, 0.25) is 0 Å². The summed E-state index contributed by atoms with van der Waals surface area (Å²) in [5.41, 5.74) is -1.35. The Kier molecular flexibility index (Phi) is 6.97. The summed E-state index contributed by atoms with van der Waals surface area (Å²) in [5, 5.41) is 11.8. The molecule has 4 heterocycles. The quantitative estimate of drug-likeness (QED) is 0.310. The van der Waals surface area contributed by atoms with Crippen LogP contribution in [-0.4, -0.2) is 92.4 Å². The summed E-state index contributed by atoms with van der Waals surface area (Å²) < 4.78 is 39.1. The Morgan fingerprint density at radius 2 is 1.80 bits per heavy atom. The van der Waals surface area contributed by atoms with Crippen molar-refractivity contribution in [3.63, 3.8) is 0 Å². The molecule has 2 atom stereocenters. The number of nitrogens with zero attached hydrogens (tertiary/aromatic N) is 3. The van der Waals surface area contributed by atoms with E-state index >= 15 is 0 Å². The minimum atomic E-state index is -3.93. The van der Waals surface area contributed by atoms with E-state index in [2.05, 4.69) is 0 Å². The number of aliphatic hydroxyl groups is 1. The number of benzene rings is 2. The summed E-state index contributed by atoms with van der Waals surface area (Å²) in [4.78, 5) is 44.5. The number of sulfonamides is 1. The molecular formula is C29H31N3O8S. The zero-order valence-corrected chi connectivity index (χ0v) is 23.4. The number of hydrogen-bond acceptors (Lipinski definition) is 8. The summed E-state index contributed by atoms with van der Waals surface area (Å²) in [7, 11) is -3.93. The number of amides is 2. The number of ether oxygens (including phenoxy) is 2.